The molecular weight excluding hydrogens is 412 g/mol. The van der Waals surface area contributed by atoms with Gasteiger partial charge in [0.2, 0.25) is 0 Å². The Bertz CT molecular complexity index is 697. The molecule has 1 saturated carbocycles. The highest BCUT2D eigenvalue weighted by atomic mass is 28.4. The van der Waals surface area contributed by atoms with Crippen molar-refractivity contribution in [3.63, 3.8) is 0 Å². The standard InChI is InChI=1S/C24H42O6Si/c1-10-26-18(25)12-14-24(7)13-11-16-19(28-21-20(16)29-23(5,6)30-21)17(24)15-27-31(8,9)22(2,3)4/h12,14,16-17,19-21H,10-11,13,15H2,1-9H3/b14-12+/t16-,17+,19+,20-,21-,24+/m1/s1. The van der Waals surface area contributed by atoms with Gasteiger partial charge in [0.25, 0.3) is 0 Å². The second-order valence-corrected chi connectivity index (χ2v) is 16.4. The van der Waals surface area contributed by atoms with Crippen LogP contribution in [0.2, 0.25) is 18.1 Å². The Kier molecular flexibility index (Phi) is 6.88. The van der Waals surface area contributed by atoms with E-state index >= 15 is 0 Å². The molecule has 0 N–H and O–H groups in total. The van der Waals surface area contributed by atoms with Crippen molar-refractivity contribution in [2.75, 3.05) is 13.2 Å². The molecule has 3 rings (SSSR count). The van der Waals surface area contributed by atoms with Crippen molar-refractivity contribution in [2.45, 2.75) is 104 Å². The average Bonchev–Trinajstić information content (AvgIpc) is 3.10. The number of carbonyl (C=O) groups excluding carboxylic acids is 1. The van der Waals surface area contributed by atoms with Gasteiger partial charge in [-0.05, 0) is 57.2 Å². The predicted molar refractivity (Wildman–Crippen MR) is 122 cm³/mol. The lowest BCUT2D eigenvalue weighted by molar-refractivity contribution is -0.225. The van der Waals surface area contributed by atoms with Gasteiger partial charge in [-0.25, -0.2) is 4.79 Å². The van der Waals surface area contributed by atoms with Gasteiger partial charge in [0.05, 0.1) is 12.7 Å². The number of carbonyl (C=O) groups is 1. The highest BCUT2D eigenvalue weighted by Gasteiger charge is 2.60. The van der Waals surface area contributed by atoms with E-state index in [9.17, 15) is 4.79 Å². The van der Waals surface area contributed by atoms with E-state index in [1.54, 1.807) is 6.08 Å². The van der Waals surface area contributed by atoms with Crippen LogP contribution in [-0.4, -0.2) is 51.8 Å². The Morgan fingerprint density at radius 1 is 1.16 bits per heavy atom. The molecule has 7 heteroatoms. The van der Waals surface area contributed by atoms with E-state index in [0.29, 0.717) is 13.2 Å². The van der Waals surface area contributed by atoms with Gasteiger partial charge in [0, 0.05) is 24.5 Å². The zero-order chi connectivity index (χ0) is 23.2. The number of ether oxygens (including phenoxy) is 4. The van der Waals surface area contributed by atoms with E-state index < -0.39 is 14.1 Å². The maximum atomic E-state index is 12.0. The second kappa shape index (κ2) is 8.56. The van der Waals surface area contributed by atoms with Gasteiger partial charge in [-0.3, -0.25) is 0 Å². The minimum absolute atomic E-state index is 0.0264. The van der Waals surface area contributed by atoms with E-state index in [1.807, 2.05) is 26.8 Å². The first kappa shape index (κ1) is 24.9. The molecule has 2 saturated heterocycles. The van der Waals surface area contributed by atoms with Crippen LogP contribution in [0.5, 0.6) is 0 Å². The summed E-state index contributed by atoms with van der Waals surface area (Å²) in [7, 11) is -1.94. The fourth-order valence-corrected chi connectivity index (χ4v) is 5.84. The van der Waals surface area contributed by atoms with Gasteiger partial charge in [-0.1, -0.05) is 33.8 Å². The normalized spacial score (nSPS) is 37.6. The van der Waals surface area contributed by atoms with Crippen molar-refractivity contribution in [1.29, 1.82) is 0 Å². The molecule has 0 spiro atoms. The molecule has 0 aromatic heterocycles. The summed E-state index contributed by atoms with van der Waals surface area (Å²) in [5.41, 5.74) is -0.232. The molecule has 0 amide bonds. The minimum Gasteiger partial charge on any atom is -0.463 e. The van der Waals surface area contributed by atoms with E-state index in [-0.39, 0.29) is 46.8 Å². The molecular formula is C24H42O6Si. The van der Waals surface area contributed by atoms with Crippen LogP contribution < -0.4 is 0 Å². The van der Waals surface area contributed by atoms with Gasteiger partial charge >= 0.3 is 5.97 Å². The van der Waals surface area contributed by atoms with Gasteiger partial charge in [0.1, 0.15) is 6.10 Å². The monoisotopic (exact) mass is 454 g/mol. The maximum Gasteiger partial charge on any atom is 0.330 e. The van der Waals surface area contributed by atoms with Crippen LogP contribution in [0.4, 0.5) is 0 Å². The van der Waals surface area contributed by atoms with Crippen molar-refractivity contribution >= 4 is 14.3 Å². The molecule has 178 valence electrons. The lowest BCUT2D eigenvalue weighted by Crippen LogP contribution is -2.50. The average molecular weight is 455 g/mol. The summed E-state index contributed by atoms with van der Waals surface area (Å²) >= 11 is 0. The summed E-state index contributed by atoms with van der Waals surface area (Å²) in [5.74, 6) is -0.541. The van der Waals surface area contributed by atoms with Crippen LogP contribution in [0.3, 0.4) is 0 Å². The SMILES string of the molecule is CCOC(=O)/C=C/[C@]1(C)CC[C@H]2[C@H]3OC(C)(C)O[C@H]3O[C@@H]2[C@@H]1CO[Si](C)(C)C(C)(C)C. The van der Waals surface area contributed by atoms with E-state index in [0.717, 1.165) is 12.8 Å². The first-order chi connectivity index (χ1) is 14.2. The largest absolute Gasteiger partial charge is 0.463 e. The Morgan fingerprint density at radius 2 is 1.84 bits per heavy atom. The Balaban J connectivity index is 1.84. The lowest BCUT2D eigenvalue weighted by atomic mass is 9.62. The Hall–Kier alpha value is -0.733. The fourth-order valence-electron chi connectivity index (χ4n) is 4.81. The van der Waals surface area contributed by atoms with Crippen molar-refractivity contribution in [3.05, 3.63) is 12.2 Å². The zero-order valence-electron chi connectivity index (χ0n) is 20.8. The molecule has 6 nitrogen and oxygen atoms in total. The number of hydrogen-bond acceptors (Lipinski definition) is 6. The third-order valence-electron chi connectivity index (χ3n) is 7.80. The summed E-state index contributed by atoms with van der Waals surface area (Å²) in [4.78, 5) is 12.0. The summed E-state index contributed by atoms with van der Waals surface area (Å²) < 4.78 is 30.5. The zero-order valence-corrected chi connectivity index (χ0v) is 21.8. The lowest BCUT2D eigenvalue weighted by Gasteiger charge is -2.48. The van der Waals surface area contributed by atoms with Crippen molar-refractivity contribution in [2.24, 2.45) is 17.3 Å². The molecule has 0 bridgehead atoms. The van der Waals surface area contributed by atoms with Crippen LogP contribution in [0.15, 0.2) is 12.2 Å². The number of fused-ring (bicyclic) bond motifs is 3. The molecule has 6 atom stereocenters. The molecule has 2 aliphatic heterocycles. The van der Waals surface area contributed by atoms with Crippen LogP contribution in [-0.2, 0) is 28.2 Å². The molecule has 2 heterocycles. The molecule has 3 aliphatic rings. The third kappa shape index (κ3) is 5.11. The fraction of sp³-hybridized carbons (Fsp3) is 0.875. The van der Waals surface area contributed by atoms with Crippen LogP contribution in [0.1, 0.15) is 61.3 Å². The first-order valence-corrected chi connectivity index (χ1v) is 14.6. The van der Waals surface area contributed by atoms with Crippen molar-refractivity contribution in [1.82, 2.24) is 0 Å². The third-order valence-corrected chi connectivity index (χ3v) is 12.3. The van der Waals surface area contributed by atoms with Crippen LogP contribution in [0.25, 0.3) is 0 Å². The molecule has 0 aromatic rings. The number of allylic oxidation sites excluding steroid dienone is 1. The van der Waals surface area contributed by atoms with E-state index in [2.05, 4.69) is 40.8 Å². The second-order valence-electron chi connectivity index (χ2n) is 11.5. The molecule has 31 heavy (non-hydrogen) atoms. The quantitative estimate of drug-likeness (QED) is 0.318. The van der Waals surface area contributed by atoms with Crippen LogP contribution >= 0.6 is 0 Å². The number of rotatable bonds is 6. The number of esters is 1. The molecule has 1 aliphatic carbocycles. The van der Waals surface area contributed by atoms with E-state index in [4.69, 9.17) is 23.4 Å². The minimum atomic E-state index is -1.94. The number of hydrogen-bond donors (Lipinski definition) is 0. The molecule has 0 radical (unpaired) electrons. The van der Waals surface area contributed by atoms with Crippen molar-refractivity contribution < 1.29 is 28.2 Å². The summed E-state index contributed by atoms with van der Waals surface area (Å²) in [6.45, 7) is 20.2. The van der Waals surface area contributed by atoms with Crippen molar-refractivity contribution in [3.8, 4) is 0 Å². The highest BCUT2D eigenvalue weighted by Crippen LogP contribution is 2.54. The molecule has 3 fully saturated rings. The smallest absolute Gasteiger partial charge is 0.330 e. The predicted octanol–water partition coefficient (Wildman–Crippen LogP) is 5.04. The summed E-state index contributed by atoms with van der Waals surface area (Å²) in [5, 5.41) is 0.127. The van der Waals surface area contributed by atoms with Gasteiger partial charge in [0.15, 0.2) is 20.4 Å². The van der Waals surface area contributed by atoms with E-state index in [1.165, 1.54) is 0 Å². The van der Waals surface area contributed by atoms with Gasteiger partial charge in [-0.15, -0.1) is 0 Å². The van der Waals surface area contributed by atoms with Gasteiger partial charge < -0.3 is 23.4 Å². The summed E-state index contributed by atoms with van der Waals surface area (Å²) in [6, 6.07) is 0. The molecule has 0 unspecified atom stereocenters. The maximum absolute atomic E-state index is 12.0. The summed E-state index contributed by atoms with van der Waals surface area (Å²) in [6.07, 6.45) is 5.09. The topological polar surface area (TPSA) is 63.2 Å². The Labute approximate surface area is 189 Å². The van der Waals surface area contributed by atoms with Gasteiger partial charge in [-0.2, -0.15) is 0 Å². The highest BCUT2D eigenvalue weighted by molar-refractivity contribution is 6.74. The van der Waals surface area contributed by atoms with Crippen LogP contribution in [0, 0.1) is 17.3 Å². The molecule has 0 aromatic carbocycles. The Morgan fingerprint density at radius 3 is 2.45 bits per heavy atom. The first-order valence-electron chi connectivity index (χ1n) is 11.7.